The molecule has 5 heteroatoms. The van der Waals surface area contributed by atoms with Crippen molar-refractivity contribution in [2.75, 3.05) is 0 Å². The molecule has 2 aromatic rings. The summed E-state index contributed by atoms with van der Waals surface area (Å²) in [5, 5.41) is 9.18. The van der Waals surface area contributed by atoms with E-state index in [-0.39, 0.29) is 0 Å². The summed E-state index contributed by atoms with van der Waals surface area (Å²) in [5.74, 6) is 0.975. The Kier molecular flexibility index (Phi) is 8.07. The predicted octanol–water partition coefficient (Wildman–Crippen LogP) is 5.46. The molecule has 0 saturated carbocycles. The predicted molar refractivity (Wildman–Crippen MR) is 97.4 cm³/mol. The maximum absolute atomic E-state index is 10.6. The molecular formula is C18H19Cl3O2. The van der Waals surface area contributed by atoms with Crippen LogP contribution in [0.5, 0.6) is 0 Å². The molecule has 0 amide bonds. The minimum Gasteiger partial charge on any atom is -0.386 e. The molecule has 0 fully saturated rings. The van der Waals surface area contributed by atoms with Crippen LogP contribution in [0.1, 0.15) is 40.9 Å². The van der Waals surface area contributed by atoms with Crippen molar-refractivity contribution in [1.29, 1.82) is 0 Å². The fourth-order valence-electron chi connectivity index (χ4n) is 1.73. The number of hydrogen-bond donors (Lipinski definition) is 1. The minimum absolute atomic E-state index is 0.439. The van der Waals surface area contributed by atoms with Crippen LogP contribution < -0.4 is 0 Å². The van der Waals surface area contributed by atoms with Crippen LogP contribution in [0.4, 0.5) is 0 Å². The monoisotopic (exact) mass is 372 g/mol. The molecule has 0 aliphatic carbocycles. The van der Waals surface area contributed by atoms with Crippen molar-refractivity contribution in [3.05, 3.63) is 70.8 Å². The van der Waals surface area contributed by atoms with E-state index in [1.54, 1.807) is 38.1 Å². The molecule has 0 saturated heterocycles. The van der Waals surface area contributed by atoms with Gasteiger partial charge in [0.05, 0.1) is 5.60 Å². The average molecular weight is 374 g/mol. The second kappa shape index (κ2) is 9.29. The lowest BCUT2D eigenvalue weighted by Crippen LogP contribution is -2.14. The van der Waals surface area contributed by atoms with Crippen molar-refractivity contribution in [2.45, 2.75) is 31.2 Å². The first-order valence-electron chi connectivity index (χ1n) is 7.00. The maximum atomic E-state index is 10.6. The molecule has 1 N–H and O–H groups in total. The van der Waals surface area contributed by atoms with Crippen LogP contribution in [0.2, 0.25) is 0 Å². The molecule has 0 spiro atoms. The van der Waals surface area contributed by atoms with Crippen molar-refractivity contribution in [2.24, 2.45) is 0 Å². The van der Waals surface area contributed by atoms with E-state index in [4.69, 9.17) is 34.8 Å². The molecule has 0 aliphatic rings. The van der Waals surface area contributed by atoms with Gasteiger partial charge in [0.25, 0.3) is 5.24 Å². The number of carbonyl (C=O) groups is 1. The van der Waals surface area contributed by atoms with Gasteiger partial charge in [0.15, 0.2) is 0 Å². The maximum Gasteiger partial charge on any atom is 0.252 e. The van der Waals surface area contributed by atoms with Crippen LogP contribution in [0, 0.1) is 0 Å². The number of hydrogen-bond acceptors (Lipinski definition) is 2. The molecule has 0 aromatic heterocycles. The molecule has 0 atom stereocenters. The highest BCUT2D eigenvalue weighted by Gasteiger charge is 2.14. The fourth-order valence-corrected chi connectivity index (χ4v) is 2.21. The third-order valence-electron chi connectivity index (χ3n) is 3.15. The van der Waals surface area contributed by atoms with Gasteiger partial charge >= 0.3 is 0 Å². The second-order valence-electron chi connectivity index (χ2n) is 5.49. The lowest BCUT2D eigenvalue weighted by molar-refractivity contribution is 0.0786. The van der Waals surface area contributed by atoms with Crippen molar-refractivity contribution < 1.29 is 9.90 Å². The summed E-state index contributed by atoms with van der Waals surface area (Å²) in [6.07, 6.45) is 0. The molecule has 2 aromatic carbocycles. The van der Waals surface area contributed by atoms with Crippen LogP contribution in [-0.2, 0) is 17.4 Å². The van der Waals surface area contributed by atoms with E-state index in [1.165, 1.54) is 0 Å². The summed E-state index contributed by atoms with van der Waals surface area (Å²) in [7, 11) is 0. The van der Waals surface area contributed by atoms with E-state index in [1.807, 2.05) is 24.3 Å². The first-order valence-corrected chi connectivity index (χ1v) is 8.45. The molecule has 23 heavy (non-hydrogen) atoms. The molecule has 0 aliphatic heterocycles. The highest BCUT2D eigenvalue weighted by atomic mass is 35.5. The Labute approximate surface area is 152 Å². The van der Waals surface area contributed by atoms with Gasteiger partial charge in [0.2, 0.25) is 0 Å². The van der Waals surface area contributed by atoms with Crippen LogP contribution in [0.3, 0.4) is 0 Å². The smallest absolute Gasteiger partial charge is 0.252 e. The second-order valence-corrected chi connectivity index (χ2v) is 6.37. The van der Waals surface area contributed by atoms with E-state index in [0.29, 0.717) is 17.3 Å². The Bertz CT molecular complexity index is 614. The zero-order valence-corrected chi connectivity index (χ0v) is 15.3. The zero-order valence-electron chi connectivity index (χ0n) is 13.0. The van der Waals surface area contributed by atoms with Gasteiger partial charge in [-0.3, -0.25) is 4.79 Å². The normalized spacial score (nSPS) is 10.7. The molecule has 0 heterocycles. The molecule has 124 valence electrons. The highest BCUT2D eigenvalue weighted by molar-refractivity contribution is 6.67. The quantitative estimate of drug-likeness (QED) is 0.571. The number of carbonyl (C=O) groups excluding carboxylic acids is 1. The number of rotatable bonds is 4. The summed E-state index contributed by atoms with van der Waals surface area (Å²) in [5.41, 5.74) is 2.71. The molecular weight excluding hydrogens is 355 g/mol. The Morgan fingerprint density at radius 3 is 1.61 bits per heavy atom. The first kappa shape index (κ1) is 20.0. The van der Waals surface area contributed by atoms with Gasteiger partial charge in [0.1, 0.15) is 0 Å². The number of benzene rings is 2. The standard InChI is InChI=1S/C10H13ClO.C8H6Cl2O/c1-10(2,12)9-5-3-8(7-11)4-6-9;9-5-6-1-3-7(4-2-6)8(10)11/h3-6,12H,7H2,1-2H3;1-4H,5H2. The largest absolute Gasteiger partial charge is 0.386 e. The van der Waals surface area contributed by atoms with Gasteiger partial charge in [-0.05, 0) is 54.3 Å². The van der Waals surface area contributed by atoms with Crippen molar-refractivity contribution in [1.82, 2.24) is 0 Å². The highest BCUT2D eigenvalue weighted by Crippen LogP contribution is 2.19. The van der Waals surface area contributed by atoms with E-state index in [9.17, 15) is 9.90 Å². The molecule has 0 radical (unpaired) electrons. The Morgan fingerprint density at radius 1 is 0.913 bits per heavy atom. The van der Waals surface area contributed by atoms with Gasteiger partial charge in [-0.15, -0.1) is 23.2 Å². The van der Waals surface area contributed by atoms with Gasteiger partial charge in [0, 0.05) is 17.3 Å². The lowest BCUT2D eigenvalue weighted by atomic mass is 9.98. The lowest BCUT2D eigenvalue weighted by Gasteiger charge is -2.17. The summed E-state index contributed by atoms with van der Waals surface area (Å²) >= 11 is 16.4. The van der Waals surface area contributed by atoms with E-state index < -0.39 is 10.8 Å². The van der Waals surface area contributed by atoms with Crippen LogP contribution >= 0.6 is 34.8 Å². The summed E-state index contributed by atoms with van der Waals surface area (Å²) in [6, 6.07) is 14.5. The third-order valence-corrected chi connectivity index (χ3v) is 3.99. The van der Waals surface area contributed by atoms with E-state index in [2.05, 4.69) is 0 Å². The third kappa shape index (κ3) is 6.92. The van der Waals surface area contributed by atoms with Crippen LogP contribution in [0.25, 0.3) is 0 Å². The molecule has 2 nitrogen and oxygen atoms in total. The summed E-state index contributed by atoms with van der Waals surface area (Å²) in [6.45, 7) is 3.53. The number of alkyl halides is 2. The molecule has 0 unspecified atom stereocenters. The molecule has 2 rings (SSSR count). The van der Waals surface area contributed by atoms with E-state index >= 15 is 0 Å². The zero-order chi connectivity index (χ0) is 17.5. The number of halogens is 3. The average Bonchev–Trinajstić information content (AvgIpc) is 2.54. The minimum atomic E-state index is -0.759. The van der Waals surface area contributed by atoms with Gasteiger partial charge in [-0.1, -0.05) is 36.4 Å². The molecule has 0 bridgehead atoms. The fraction of sp³-hybridized carbons (Fsp3) is 0.278. The van der Waals surface area contributed by atoms with Gasteiger partial charge < -0.3 is 5.11 Å². The Balaban J connectivity index is 0.000000231. The topological polar surface area (TPSA) is 37.3 Å². The van der Waals surface area contributed by atoms with Crippen LogP contribution in [-0.4, -0.2) is 10.3 Å². The van der Waals surface area contributed by atoms with Gasteiger partial charge in [-0.25, -0.2) is 0 Å². The summed E-state index contributed by atoms with van der Waals surface area (Å²) in [4.78, 5) is 10.6. The Morgan fingerprint density at radius 2 is 1.30 bits per heavy atom. The number of aliphatic hydroxyl groups is 1. The summed E-state index contributed by atoms with van der Waals surface area (Å²) < 4.78 is 0. The first-order chi connectivity index (χ1) is 10.8. The van der Waals surface area contributed by atoms with Crippen LogP contribution in [0.15, 0.2) is 48.5 Å². The van der Waals surface area contributed by atoms with E-state index in [0.717, 1.165) is 16.7 Å². The SMILES string of the molecule is CC(C)(O)c1ccc(CCl)cc1.O=C(Cl)c1ccc(CCl)cc1. The van der Waals surface area contributed by atoms with Crippen molar-refractivity contribution >= 4 is 40.0 Å². The van der Waals surface area contributed by atoms with Crippen molar-refractivity contribution in [3.8, 4) is 0 Å². The van der Waals surface area contributed by atoms with Crippen molar-refractivity contribution in [3.63, 3.8) is 0 Å². The van der Waals surface area contributed by atoms with Gasteiger partial charge in [-0.2, -0.15) is 0 Å². The Hall–Kier alpha value is -1.06.